The van der Waals surface area contributed by atoms with Crippen molar-refractivity contribution in [2.24, 2.45) is 0 Å². The van der Waals surface area contributed by atoms with Crippen molar-refractivity contribution < 1.29 is 0 Å². The van der Waals surface area contributed by atoms with Gasteiger partial charge in [0, 0.05) is 27.3 Å². The SMILES string of the molecule is CC1(C)c2ccccc2-c2ccc(-c3c4ccccc4c(-c4cccc(-c5ccc6ccc7ccc(-c8ccccc8)nc7c6n5)c4)c4ccccc34)cc21. The largest absolute Gasteiger partial charge is 0.245 e. The minimum Gasteiger partial charge on any atom is -0.245 e. The maximum absolute atomic E-state index is 5.31. The molecule has 55 heavy (non-hydrogen) atoms. The van der Waals surface area contributed by atoms with E-state index < -0.39 is 0 Å². The zero-order chi connectivity index (χ0) is 36.7. The molecule has 10 aromatic rings. The van der Waals surface area contributed by atoms with E-state index in [2.05, 4.69) is 190 Å². The lowest BCUT2D eigenvalue weighted by molar-refractivity contribution is 0.660. The Balaban J connectivity index is 1.08. The molecule has 0 spiro atoms. The fraction of sp³-hybridized carbons (Fsp3) is 0.0566. The molecule has 0 fully saturated rings. The Labute approximate surface area is 320 Å². The molecule has 2 aromatic heterocycles. The zero-order valence-corrected chi connectivity index (χ0v) is 30.7. The van der Waals surface area contributed by atoms with Crippen LogP contribution in [-0.2, 0) is 5.41 Å². The third-order valence-corrected chi connectivity index (χ3v) is 11.8. The topological polar surface area (TPSA) is 25.8 Å². The van der Waals surface area contributed by atoms with E-state index in [1.807, 2.05) is 6.07 Å². The van der Waals surface area contributed by atoms with E-state index in [4.69, 9.17) is 9.97 Å². The Hall–Kier alpha value is -6.90. The van der Waals surface area contributed by atoms with Crippen LogP contribution >= 0.6 is 0 Å². The van der Waals surface area contributed by atoms with Crippen molar-refractivity contribution in [1.29, 1.82) is 0 Å². The summed E-state index contributed by atoms with van der Waals surface area (Å²) in [5.41, 5.74) is 16.2. The molecule has 0 unspecified atom stereocenters. The van der Waals surface area contributed by atoms with Crippen LogP contribution in [0, 0.1) is 0 Å². The van der Waals surface area contributed by atoms with Crippen LogP contribution in [0.2, 0.25) is 0 Å². The van der Waals surface area contributed by atoms with Gasteiger partial charge >= 0.3 is 0 Å². The molecular weight excluding hydrogens is 665 g/mol. The quantitative estimate of drug-likeness (QED) is 0.135. The molecule has 0 radical (unpaired) electrons. The summed E-state index contributed by atoms with van der Waals surface area (Å²) in [6.45, 7) is 4.72. The van der Waals surface area contributed by atoms with Crippen molar-refractivity contribution >= 4 is 43.4 Å². The van der Waals surface area contributed by atoms with E-state index in [9.17, 15) is 0 Å². The molecule has 8 aromatic carbocycles. The molecule has 0 saturated heterocycles. The third kappa shape index (κ3) is 4.88. The molecule has 0 aliphatic heterocycles. The van der Waals surface area contributed by atoms with E-state index >= 15 is 0 Å². The van der Waals surface area contributed by atoms with Gasteiger partial charge in [-0.25, -0.2) is 9.97 Å². The van der Waals surface area contributed by atoms with Gasteiger partial charge in [0.15, 0.2) is 0 Å². The molecule has 11 rings (SSSR count). The Morgan fingerprint density at radius 3 is 1.45 bits per heavy atom. The van der Waals surface area contributed by atoms with Crippen LogP contribution in [-0.4, -0.2) is 9.97 Å². The van der Waals surface area contributed by atoms with Gasteiger partial charge in [0.05, 0.1) is 22.4 Å². The minimum absolute atomic E-state index is 0.0722. The monoisotopic (exact) mass is 700 g/mol. The van der Waals surface area contributed by atoms with Crippen molar-refractivity contribution in [3.8, 4) is 55.9 Å². The Morgan fingerprint density at radius 2 is 0.818 bits per heavy atom. The molecule has 0 N–H and O–H groups in total. The summed E-state index contributed by atoms with van der Waals surface area (Å²) >= 11 is 0. The predicted molar refractivity (Wildman–Crippen MR) is 231 cm³/mol. The van der Waals surface area contributed by atoms with Gasteiger partial charge in [0.25, 0.3) is 0 Å². The smallest absolute Gasteiger partial charge is 0.0972 e. The van der Waals surface area contributed by atoms with Gasteiger partial charge in [-0.1, -0.05) is 172 Å². The maximum atomic E-state index is 5.31. The highest BCUT2D eigenvalue weighted by molar-refractivity contribution is 6.21. The third-order valence-electron chi connectivity index (χ3n) is 11.8. The van der Waals surface area contributed by atoms with Gasteiger partial charge in [-0.3, -0.25) is 0 Å². The zero-order valence-electron chi connectivity index (χ0n) is 30.7. The average Bonchev–Trinajstić information content (AvgIpc) is 3.47. The van der Waals surface area contributed by atoms with Gasteiger partial charge in [0.2, 0.25) is 0 Å². The molecule has 0 bridgehead atoms. The summed E-state index contributed by atoms with van der Waals surface area (Å²) in [6, 6.07) is 66.0. The van der Waals surface area contributed by atoms with Crippen LogP contribution in [0.25, 0.3) is 99.2 Å². The number of nitrogens with zero attached hydrogens (tertiary/aromatic N) is 2. The summed E-state index contributed by atoms with van der Waals surface area (Å²) < 4.78 is 0. The van der Waals surface area contributed by atoms with Crippen molar-refractivity contribution in [3.05, 3.63) is 193 Å². The van der Waals surface area contributed by atoms with Gasteiger partial charge in [-0.2, -0.15) is 0 Å². The van der Waals surface area contributed by atoms with E-state index in [1.165, 1.54) is 66.1 Å². The van der Waals surface area contributed by atoms with Gasteiger partial charge in [0.1, 0.15) is 0 Å². The fourth-order valence-corrected chi connectivity index (χ4v) is 9.14. The number of benzene rings is 8. The molecular formula is C53H36N2. The maximum Gasteiger partial charge on any atom is 0.0972 e. The van der Waals surface area contributed by atoms with Crippen LogP contribution in [0.5, 0.6) is 0 Å². The molecule has 0 saturated carbocycles. The second-order valence-corrected chi connectivity index (χ2v) is 15.3. The van der Waals surface area contributed by atoms with Gasteiger partial charge in [-0.05, 0) is 90.3 Å². The molecule has 0 atom stereocenters. The summed E-state index contributed by atoms with van der Waals surface area (Å²) in [4.78, 5) is 10.5. The highest BCUT2D eigenvalue weighted by Gasteiger charge is 2.35. The first-order chi connectivity index (χ1) is 27.0. The first-order valence-electron chi connectivity index (χ1n) is 19.1. The summed E-state index contributed by atoms with van der Waals surface area (Å²) in [5.74, 6) is 0. The Kier molecular flexibility index (Phi) is 6.93. The van der Waals surface area contributed by atoms with Crippen molar-refractivity contribution in [2.45, 2.75) is 19.3 Å². The molecule has 1 aliphatic rings. The van der Waals surface area contributed by atoms with Crippen LogP contribution in [0.4, 0.5) is 0 Å². The lowest BCUT2D eigenvalue weighted by Gasteiger charge is -2.23. The molecule has 1 aliphatic carbocycles. The number of hydrogen-bond donors (Lipinski definition) is 0. The number of pyridine rings is 2. The molecule has 0 amide bonds. The predicted octanol–water partition coefficient (Wildman–Crippen LogP) is 14.1. The summed E-state index contributed by atoms with van der Waals surface area (Å²) in [7, 11) is 0. The number of hydrogen-bond acceptors (Lipinski definition) is 2. The fourth-order valence-electron chi connectivity index (χ4n) is 9.14. The van der Waals surface area contributed by atoms with Gasteiger partial charge < -0.3 is 0 Å². The minimum atomic E-state index is -0.0722. The van der Waals surface area contributed by atoms with Crippen LogP contribution in [0.3, 0.4) is 0 Å². The standard InChI is InChI=1S/C53H36N2/c1-53(2)45-22-11-10-17-39(45)40-28-25-38(32-46(40)53)50-43-20-8-6-18-41(43)49(42-19-7-9-21-44(42)50)37-16-12-15-36(31-37)48-30-27-35-24-23-34-26-29-47(33-13-4-3-5-14-33)54-51(34)52(35)55-48/h3-32H,1-2H3. The summed E-state index contributed by atoms with van der Waals surface area (Å²) in [5, 5.41) is 7.16. The lowest BCUT2D eigenvalue weighted by atomic mass is 9.80. The van der Waals surface area contributed by atoms with E-state index in [-0.39, 0.29) is 5.41 Å². The van der Waals surface area contributed by atoms with E-state index in [0.717, 1.165) is 44.3 Å². The molecule has 2 nitrogen and oxygen atoms in total. The van der Waals surface area contributed by atoms with Crippen LogP contribution in [0.1, 0.15) is 25.0 Å². The van der Waals surface area contributed by atoms with Crippen LogP contribution in [0.15, 0.2) is 182 Å². The second-order valence-electron chi connectivity index (χ2n) is 15.3. The Morgan fingerprint density at radius 1 is 0.345 bits per heavy atom. The van der Waals surface area contributed by atoms with Crippen molar-refractivity contribution in [2.75, 3.05) is 0 Å². The number of rotatable bonds is 4. The Bertz CT molecular complexity index is 3120. The number of aromatic nitrogens is 2. The molecule has 2 heteroatoms. The second kappa shape index (κ2) is 12.1. The highest BCUT2D eigenvalue weighted by Crippen LogP contribution is 2.51. The van der Waals surface area contributed by atoms with Crippen LogP contribution < -0.4 is 0 Å². The first-order valence-corrected chi connectivity index (χ1v) is 19.1. The first kappa shape index (κ1) is 31.6. The lowest BCUT2D eigenvalue weighted by Crippen LogP contribution is -2.14. The average molecular weight is 701 g/mol. The normalized spacial score (nSPS) is 13.1. The van der Waals surface area contributed by atoms with Crippen molar-refractivity contribution in [3.63, 3.8) is 0 Å². The molecule has 258 valence electrons. The highest BCUT2D eigenvalue weighted by atomic mass is 14.8. The molecule has 2 heterocycles. The van der Waals surface area contributed by atoms with Crippen molar-refractivity contribution in [1.82, 2.24) is 9.97 Å². The summed E-state index contributed by atoms with van der Waals surface area (Å²) in [6.07, 6.45) is 0. The van der Waals surface area contributed by atoms with E-state index in [0.29, 0.717) is 0 Å². The number of fused-ring (bicyclic) bond motifs is 8. The van der Waals surface area contributed by atoms with E-state index in [1.54, 1.807) is 0 Å². The van der Waals surface area contributed by atoms with Gasteiger partial charge in [-0.15, -0.1) is 0 Å².